The van der Waals surface area contributed by atoms with Gasteiger partial charge in [0.15, 0.2) is 0 Å². The lowest BCUT2D eigenvalue weighted by atomic mass is 10.1. The van der Waals surface area contributed by atoms with E-state index in [-0.39, 0.29) is 5.82 Å². The first-order valence-electron chi connectivity index (χ1n) is 5.19. The Balaban J connectivity index is 2.07. The Morgan fingerprint density at radius 2 is 2.14 bits per heavy atom. The summed E-state index contributed by atoms with van der Waals surface area (Å²) in [6, 6.07) is 5.73. The van der Waals surface area contributed by atoms with Gasteiger partial charge in [0.25, 0.3) is 0 Å². The highest BCUT2D eigenvalue weighted by molar-refractivity contribution is 5.47. The van der Waals surface area contributed by atoms with Gasteiger partial charge >= 0.3 is 0 Å². The summed E-state index contributed by atoms with van der Waals surface area (Å²) >= 11 is 0. The van der Waals surface area contributed by atoms with Gasteiger partial charge in [-0.05, 0) is 50.3 Å². The Labute approximate surface area is 84.3 Å². The van der Waals surface area contributed by atoms with E-state index in [4.69, 9.17) is 0 Å². The molecule has 76 valence electrons. The first kappa shape index (κ1) is 9.50. The van der Waals surface area contributed by atoms with Crippen molar-refractivity contribution in [3.63, 3.8) is 0 Å². The van der Waals surface area contributed by atoms with E-state index in [2.05, 4.69) is 12.2 Å². The molecular formula is C12H16FN. The Kier molecular flexibility index (Phi) is 2.44. The largest absolute Gasteiger partial charge is 0.380 e. The summed E-state index contributed by atoms with van der Waals surface area (Å²) in [6.07, 6.45) is 2.56. The maximum atomic E-state index is 13.4. The normalized spacial score (nSPS) is 17.9. The first-order chi connectivity index (χ1) is 6.66. The van der Waals surface area contributed by atoms with Crippen molar-refractivity contribution in [3.05, 3.63) is 29.6 Å². The zero-order chi connectivity index (χ0) is 10.1. The number of hydrogen-bond acceptors (Lipinski definition) is 1. The Hall–Kier alpha value is -1.05. The van der Waals surface area contributed by atoms with Gasteiger partial charge in [-0.15, -0.1) is 0 Å². The maximum absolute atomic E-state index is 13.4. The number of rotatable bonds is 3. The molecule has 1 N–H and O–H groups in total. The van der Waals surface area contributed by atoms with Crippen LogP contribution in [0.4, 0.5) is 10.1 Å². The zero-order valence-electron chi connectivity index (χ0n) is 8.68. The molecule has 0 heterocycles. The van der Waals surface area contributed by atoms with Crippen LogP contribution in [0.1, 0.15) is 25.3 Å². The molecule has 1 atom stereocenters. The quantitative estimate of drug-likeness (QED) is 0.776. The Bertz CT molecular complexity index is 331. The third kappa shape index (κ3) is 2.06. The number of halogens is 1. The minimum Gasteiger partial charge on any atom is -0.380 e. The highest BCUT2D eigenvalue weighted by Crippen LogP contribution is 2.34. The fourth-order valence-corrected chi connectivity index (χ4v) is 1.70. The predicted molar refractivity (Wildman–Crippen MR) is 56.9 cm³/mol. The van der Waals surface area contributed by atoms with E-state index in [9.17, 15) is 4.39 Å². The lowest BCUT2D eigenvalue weighted by molar-refractivity contribution is 0.618. The fourth-order valence-electron chi connectivity index (χ4n) is 1.70. The third-order valence-corrected chi connectivity index (χ3v) is 2.84. The van der Waals surface area contributed by atoms with Gasteiger partial charge in [0.2, 0.25) is 0 Å². The van der Waals surface area contributed by atoms with E-state index in [1.807, 2.05) is 19.1 Å². The molecule has 1 saturated carbocycles. The molecule has 0 aliphatic heterocycles. The smallest absolute Gasteiger partial charge is 0.146 e. The highest BCUT2D eigenvalue weighted by atomic mass is 19.1. The molecule has 1 fully saturated rings. The van der Waals surface area contributed by atoms with Crippen LogP contribution in [0.15, 0.2) is 18.2 Å². The molecule has 0 spiro atoms. The first-order valence-corrected chi connectivity index (χ1v) is 5.19. The molecule has 1 aliphatic carbocycles. The average Bonchev–Trinajstić information content (AvgIpc) is 2.92. The third-order valence-electron chi connectivity index (χ3n) is 2.84. The molecule has 0 saturated heterocycles. The van der Waals surface area contributed by atoms with Gasteiger partial charge < -0.3 is 5.32 Å². The van der Waals surface area contributed by atoms with Crippen LogP contribution in [0.3, 0.4) is 0 Å². The summed E-state index contributed by atoms with van der Waals surface area (Å²) < 4.78 is 13.4. The van der Waals surface area contributed by atoms with Gasteiger partial charge in [-0.2, -0.15) is 0 Å². The Morgan fingerprint density at radius 3 is 2.71 bits per heavy atom. The summed E-state index contributed by atoms with van der Waals surface area (Å²) in [5.74, 6) is 0.605. The lowest BCUT2D eigenvalue weighted by Crippen LogP contribution is -2.18. The topological polar surface area (TPSA) is 12.0 Å². The SMILES string of the molecule is Cc1ccc(NC(C)C2CC2)c(F)c1. The second-order valence-corrected chi connectivity index (χ2v) is 4.25. The van der Waals surface area contributed by atoms with Crippen molar-refractivity contribution in [1.82, 2.24) is 0 Å². The van der Waals surface area contributed by atoms with Crippen molar-refractivity contribution in [2.75, 3.05) is 5.32 Å². The molecule has 2 rings (SSSR count). The van der Waals surface area contributed by atoms with Gasteiger partial charge in [-0.3, -0.25) is 0 Å². The van der Waals surface area contributed by atoms with Gasteiger partial charge in [-0.25, -0.2) is 4.39 Å². The number of benzene rings is 1. The van der Waals surface area contributed by atoms with E-state index >= 15 is 0 Å². The van der Waals surface area contributed by atoms with Crippen molar-refractivity contribution < 1.29 is 4.39 Å². The molecule has 14 heavy (non-hydrogen) atoms. The van der Waals surface area contributed by atoms with Gasteiger partial charge in [-0.1, -0.05) is 6.07 Å². The summed E-state index contributed by atoms with van der Waals surface area (Å²) in [6.45, 7) is 4.02. The monoisotopic (exact) mass is 193 g/mol. The van der Waals surface area contributed by atoms with Crippen LogP contribution in [0.2, 0.25) is 0 Å². The molecule has 1 aromatic carbocycles. The van der Waals surface area contributed by atoms with E-state index in [1.54, 1.807) is 6.07 Å². The highest BCUT2D eigenvalue weighted by Gasteiger charge is 2.28. The molecule has 0 amide bonds. The molecule has 1 aliphatic rings. The van der Waals surface area contributed by atoms with Crippen LogP contribution < -0.4 is 5.32 Å². The van der Waals surface area contributed by atoms with Crippen molar-refractivity contribution in [1.29, 1.82) is 0 Å². The second kappa shape index (κ2) is 3.60. The fraction of sp³-hybridized carbons (Fsp3) is 0.500. The van der Waals surface area contributed by atoms with Crippen LogP contribution in [-0.2, 0) is 0 Å². The molecule has 1 aromatic rings. The summed E-state index contributed by atoms with van der Waals surface area (Å²) in [7, 11) is 0. The van der Waals surface area contributed by atoms with Gasteiger partial charge in [0.1, 0.15) is 5.82 Å². The van der Waals surface area contributed by atoms with Crippen LogP contribution in [-0.4, -0.2) is 6.04 Å². The van der Waals surface area contributed by atoms with Crippen molar-refractivity contribution in [2.24, 2.45) is 5.92 Å². The van der Waals surface area contributed by atoms with E-state index in [0.717, 1.165) is 11.5 Å². The molecule has 1 unspecified atom stereocenters. The molecule has 1 nitrogen and oxygen atoms in total. The standard InChI is InChI=1S/C12H16FN/c1-8-3-6-12(11(13)7-8)14-9(2)10-4-5-10/h3,6-7,9-10,14H,4-5H2,1-2H3. The Morgan fingerprint density at radius 1 is 1.43 bits per heavy atom. The van der Waals surface area contributed by atoms with Crippen LogP contribution >= 0.6 is 0 Å². The number of aryl methyl sites for hydroxylation is 1. The van der Waals surface area contributed by atoms with Gasteiger partial charge in [0.05, 0.1) is 5.69 Å². The van der Waals surface area contributed by atoms with Crippen LogP contribution in [0, 0.1) is 18.7 Å². The van der Waals surface area contributed by atoms with Crippen LogP contribution in [0.25, 0.3) is 0 Å². The van der Waals surface area contributed by atoms with Crippen molar-refractivity contribution in [3.8, 4) is 0 Å². The van der Waals surface area contributed by atoms with E-state index in [0.29, 0.717) is 11.7 Å². The maximum Gasteiger partial charge on any atom is 0.146 e. The van der Waals surface area contributed by atoms with Crippen LogP contribution in [0.5, 0.6) is 0 Å². The van der Waals surface area contributed by atoms with E-state index < -0.39 is 0 Å². The van der Waals surface area contributed by atoms with Gasteiger partial charge in [0, 0.05) is 6.04 Å². The average molecular weight is 193 g/mol. The zero-order valence-corrected chi connectivity index (χ0v) is 8.68. The molecule has 2 heteroatoms. The van der Waals surface area contributed by atoms with Crippen molar-refractivity contribution in [2.45, 2.75) is 32.7 Å². The summed E-state index contributed by atoms with van der Waals surface area (Å²) in [4.78, 5) is 0. The second-order valence-electron chi connectivity index (χ2n) is 4.25. The summed E-state index contributed by atoms with van der Waals surface area (Å²) in [5.41, 5.74) is 1.60. The number of nitrogens with one attached hydrogen (secondary N) is 1. The predicted octanol–water partition coefficient (Wildman–Crippen LogP) is 3.34. The lowest BCUT2D eigenvalue weighted by Gasteiger charge is -2.15. The number of anilines is 1. The molecule has 0 aromatic heterocycles. The number of hydrogen-bond donors (Lipinski definition) is 1. The van der Waals surface area contributed by atoms with Crippen molar-refractivity contribution >= 4 is 5.69 Å². The minimum atomic E-state index is -0.141. The molecule has 0 radical (unpaired) electrons. The minimum absolute atomic E-state index is 0.141. The summed E-state index contributed by atoms with van der Waals surface area (Å²) in [5, 5.41) is 3.22. The molecule has 0 bridgehead atoms. The van der Waals surface area contributed by atoms with E-state index in [1.165, 1.54) is 12.8 Å². The molecular weight excluding hydrogens is 177 g/mol.